The molecule has 2 aromatic carbocycles. The van der Waals surface area contributed by atoms with E-state index >= 15 is 0 Å². The highest BCUT2D eigenvalue weighted by Crippen LogP contribution is 2.40. The van der Waals surface area contributed by atoms with Crippen LogP contribution in [0.4, 0.5) is 0 Å². The number of aryl methyl sites for hydroxylation is 1. The second kappa shape index (κ2) is 7.51. The van der Waals surface area contributed by atoms with E-state index in [-0.39, 0.29) is 4.90 Å². The molecular formula is C21H23NO3S. The third kappa shape index (κ3) is 3.61. The third-order valence-corrected chi connectivity index (χ3v) is 7.10. The Morgan fingerprint density at radius 2 is 1.96 bits per heavy atom. The van der Waals surface area contributed by atoms with Crippen molar-refractivity contribution in [3.63, 3.8) is 0 Å². The van der Waals surface area contributed by atoms with Gasteiger partial charge in [0.25, 0.3) is 9.84 Å². The van der Waals surface area contributed by atoms with Gasteiger partial charge in [-0.25, -0.2) is 15.0 Å². The summed E-state index contributed by atoms with van der Waals surface area (Å²) in [6, 6.07) is 12.9. The van der Waals surface area contributed by atoms with Gasteiger partial charge in [0.1, 0.15) is 5.75 Å². The normalized spacial score (nSPS) is 16.9. The molecule has 26 heavy (non-hydrogen) atoms. The Labute approximate surface area is 155 Å². The Morgan fingerprint density at radius 1 is 1.23 bits per heavy atom. The molecule has 0 N–H and O–H groups in total. The largest absolute Gasteiger partial charge is 0.497 e. The number of ether oxygens (including phenoxy) is 1. The summed E-state index contributed by atoms with van der Waals surface area (Å²) >= 11 is 0. The molecule has 0 saturated carbocycles. The Kier molecular flexibility index (Phi) is 5.33. The molecule has 0 saturated heterocycles. The summed E-state index contributed by atoms with van der Waals surface area (Å²) < 4.78 is 30.6. The first-order valence-corrected chi connectivity index (χ1v) is 10.3. The number of nitrogens with zero attached hydrogens (tertiary/aromatic N) is 1. The van der Waals surface area contributed by atoms with Crippen LogP contribution in [-0.4, -0.2) is 20.9 Å². The van der Waals surface area contributed by atoms with Crippen LogP contribution in [0.1, 0.15) is 41.9 Å². The van der Waals surface area contributed by atoms with Crippen molar-refractivity contribution in [2.75, 3.05) is 7.11 Å². The molecule has 0 aromatic heterocycles. The molecule has 0 fully saturated rings. The Hall–Kier alpha value is -2.32. The van der Waals surface area contributed by atoms with Crippen LogP contribution in [0.25, 0.3) is 4.85 Å². The van der Waals surface area contributed by atoms with Crippen molar-refractivity contribution in [1.29, 1.82) is 0 Å². The van der Waals surface area contributed by atoms with Gasteiger partial charge in [-0.3, -0.25) is 4.85 Å². The van der Waals surface area contributed by atoms with E-state index in [2.05, 4.69) is 17.0 Å². The summed E-state index contributed by atoms with van der Waals surface area (Å²) in [5.41, 5.74) is 3.64. The van der Waals surface area contributed by atoms with Crippen molar-refractivity contribution in [2.24, 2.45) is 0 Å². The standard InChI is InChI=1S/C21H23NO3S/c1-15-7-10-19(11-8-15)26(23,24)21(22-2)6-4-5-16-13-17-14-18(25-3)9-12-20(16)17/h7-12,14,16,21H,4-6,13H2,1,3H3. The average Bonchev–Trinajstić information content (AvgIpc) is 2.62. The molecular weight excluding hydrogens is 346 g/mol. The maximum Gasteiger partial charge on any atom is 0.325 e. The van der Waals surface area contributed by atoms with Crippen LogP contribution in [0.5, 0.6) is 5.75 Å². The molecule has 4 nitrogen and oxygen atoms in total. The van der Waals surface area contributed by atoms with Gasteiger partial charge >= 0.3 is 5.37 Å². The highest BCUT2D eigenvalue weighted by Gasteiger charge is 2.33. The Bertz CT molecular complexity index is 927. The number of sulfone groups is 1. The van der Waals surface area contributed by atoms with Crippen LogP contribution in [0.3, 0.4) is 0 Å². The van der Waals surface area contributed by atoms with E-state index in [4.69, 9.17) is 11.3 Å². The van der Waals surface area contributed by atoms with E-state index in [0.29, 0.717) is 12.3 Å². The van der Waals surface area contributed by atoms with Crippen molar-refractivity contribution >= 4 is 9.84 Å². The van der Waals surface area contributed by atoms with Crippen molar-refractivity contribution in [1.82, 2.24) is 0 Å². The average molecular weight is 369 g/mol. The van der Waals surface area contributed by atoms with Gasteiger partial charge in [0, 0.05) is 6.42 Å². The number of fused-ring (bicyclic) bond motifs is 1. The molecule has 136 valence electrons. The Balaban J connectivity index is 1.59. The van der Waals surface area contributed by atoms with E-state index in [1.165, 1.54) is 11.1 Å². The smallest absolute Gasteiger partial charge is 0.325 e. The molecule has 0 amide bonds. The zero-order valence-electron chi connectivity index (χ0n) is 15.1. The molecule has 0 radical (unpaired) electrons. The lowest BCUT2D eigenvalue weighted by atomic mass is 9.75. The maximum atomic E-state index is 12.7. The van der Waals surface area contributed by atoms with Crippen LogP contribution in [0.2, 0.25) is 0 Å². The number of benzene rings is 2. The Morgan fingerprint density at radius 3 is 2.58 bits per heavy atom. The lowest BCUT2D eigenvalue weighted by Crippen LogP contribution is -2.20. The molecule has 3 rings (SSSR count). The first-order valence-electron chi connectivity index (χ1n) is 8.79. The van der Waals surface area contributed by atoms with E-state index in [0.717, 1.165) is 30.6 Å². The van der Waals surface area contributed by atoms with Crippen molar-refractivity contribution in [2.45, 2.75) is 48.8 Å². The zero-order valence-corrected chi connectivity index (χ0v) is 15.9. The van der Waals surface area contributed by atoms with E-state index in [9.17, 15) is 8.42 Å². The number of hydrogen-bond donors (Lipinski definition) is 0. The lowest BCUT2D eigenvalue weighted by Gasteiger charge is -2.30. The summed E-state index contributed by atoms with van der Waals surface area (Å²) in [5, 5.41) is -0.999. The van der Waals surface area contributed by atoms with Gasteiger partial charge in [-0.05, 0) is 67.5 Å². The SMILES string of the molecule is [C-]#[N+]C(CCCC1Cc2cc(OC)ccc21)S(=O)(=O)c1ccc(C)cc1. The van der Waals surface area contributed by atoms with Crippen molar-refractivity contribution in [3.8, 4) is 5.75 Å². The quantitative estimate of drug-likeness (QED) is 0.674. The molecule has 2 unspecified atom stereocenters. The molecule has 5 heteroatoms. The first kappa shape index (κ1) is 18.5. The fraction of sp³-hybridized carbons (Fsp3) is 0.381. The minimum Gasteiger partial charge on any atom is -0.497 e. The predicted molar refractivity (Wildman–Crippen MR) is 102 cm³/mol. The fourth-order valence-corrected chi connectivity index (χ4v) is 4.94. The van der Waals surface area contributed by atoms with Crippen LogP contribution in [-0.2, 0) is 16.3 Å². The molecule has 0 spiro atoms. The highest BCUT2D eigenvalue weighted by atomic mass is 32.2. The second-order valence-corrected chi connectivity index (χ2v) is 8.94. The summed E-state index contributed by atoms with van der Waals surface area (Å²) in [4.78, 5) is 3.65. The number of rotatable bonds is 7. The van der Waals surface area contributed by atoms with Crippen molar-refractivity contribution < 1.29 is 13.2 Å². The topological polar surface area (TPSA) is 47.7 Å². The van der Waals surface area contributed by atoms with Gasteiger partial charge in [0.05, 0.1) is 12.0 Å². The summed E-state index contributed by atoms with van der Waals surface area (Å²) in [5.74, 6) is 1.34. The number of hydrogen-bond acceptors (Lipinski definition) is 3. The molecule has 2 atom stereocenters. The van der Waals surface area contributed by atoms with Crippen LogP contribution in [0, 0.1) is 13.5 Å². The molecule has 0 bridgehead atoms. The first-order chi connectivity index (χ1) is 12.5. The summed E-state index contributed by atoms with van der Waals surface area (Å²) in [6.45, 7) is 9.26. The maximum absolute atomic E-state index is 12.7. The summed E-state index contributed by atoms with van der Waals surface area (Å²) in [7, 11) is -1.93. The van der Waals surface area contributed by atoms with Gasteiger partial charge in [-0.2, -0.15) is 0 Å². The van der Waals surface area contributed by atoms with Crippen LogP contribution >= 0.6 is 0 Å². The zero-order chi connectivity index (χ0) is 18.7. The molecule has 1 aliphatic carbocycles. The summed E-state index contributed by atoms with van der Waals surface area (Å²) in [6.07, 6.45) is 3.02. The van der Waals surface area contributed by atoms with Gasteiger partial charge in [-0.15, -0.1) is 0 Å². The van der Waals surface area contributed by atoms with Crippen LogP contribution < -0.4 is 4.74 Å². The monoisotopic (exact) mass is 369 g/mol. The number of methoxy groups -OCH3 is 1. The minimum absolute atomic E-state index is 0.241. The molecule has 0 heterocycles. The van der Waals surface area contributed by atoms with E-state index < -0.39 is 15.2 Å². The molecule has 0 aliphatic heterocycles. The predicted octanol–water partition coefficient (Wildman–Crippen LogP) is 4.53. The molecule has 1 aliphatic rings. The van der Waals surface area contributed by atoms with Gasteiger partial charge in [0.2, 0.25) is 0 Å². The third-order valence-electron chi connectivity index (χ3n) is 5.11. The van der Waals surface area contributed by atoms with Gasteiger partial charge in [0.15, 0.2) is 0 Å². The van der Waals surface area contributed by atoms with Gasteiger partial charge in [-0.1, -0.05) is 23.8 Å². The van der Waals surface area contributed by atoms with Gasteiger partial charge < -0.3 is 4.74 Å². The highest BCUT2D eigenvalue weighted by molar-refractivity contribution is 7.92. The lowest BCUT2D eigenvalue weighted by molar-refractivity contribution is 0.411. The van der Waals surface area contributed by atoms with E-state index in [1.54, 1.807) is 31.4 Å². The minimum atomic E-state index is -3.59. The fourth-order valence-electron chi connectivity index (χ4n) is 3.50. The van der Waals surface area contributed by atoms with Crippen molar-refractivity contribution in [3.05, 3.63) is 70.6 Å². The van der Waals surface area contributed by atoms with E-state index in [1.807, 2.05) is 13.0 Å². The molecule has 2 aromatic rings. The second-order valence-electron chi connectivity index (χ2n) is 6.84. The van der Waals surface area contributed by atoms with Crippen LogP contribution in [0.15, 0.2) is 47.4 Å².